The molecule has 4 rings (SSSR count). The fraction of sp³-hybridized carbons (Fsp3) is 0.176. The van der Waals surface area contributed by atoms with E-state index in [2.05, 4.69) is 39.6 Å². The fourth-order valence-electron chi connectivity index (χ4n) is 3.04. The Morgan fingerprint density at radius 1 is 1.00 bits per heavy atom. The van der Waals surface area contributed by atoms with Crippen molar-refractivity contribution in [2.75, 3.05) is 11.1 Å². The van der Waals surface area contributed by atoms with E-state index in [1.165, 1.54) is 11.1 Å². The molecule has 1 aliphatic carbocycles. The first-order valence-corrected chi connectivity index (χ1v) is 7.15. The number of nitrogens with zero attached hydrogens (tertiary/aromatic N) is 2. The number of nitrogen functional groups attached to an aromatic ring is 1. The van der Waals surface area contributed by atoms with Crippen molar-refractivity contribution >= 4 is 22.4 Å². The molecule has 0 saturated carbocycles. The van der Waals surface area contributed by atoms with E-state index in [-0.39, 0.29) is 0 Å². The lowest BCUT2D eigenvalue weighted by Crippen LogP contribution is -2.07. The number of hydrogen-bond donors (Lipinski definition) is 2. The third-order valence-electron chi connectivity index (χ3n) is 4.06. The lowest BCUT2D eigenvalue weighted by atomic mass is 10.1. The molecule has 4 nitrogen and oxygen atoms in total. The number of nitrogens with two attached hydrogens (primary N) is 1. The van der Waals surface area contributed by atoms with E-state index < -0.39 is 0 Å². The molecule has 0 radical (unpaired) electrons. The van der Waals surface area contributed by atoms with E-state index in [1.54, 1.807) is 12.4 Å². The summed E-state index contributed by atoms with van der Waals surface area (Å²) in [5.41, 5.74) is 12.3. The van der Waals surface area contributed by atoms with Gasteiger partial charge in [0, 0.05) is 23.8 Å². The van der Waals surface area contributed by atoms with Crippen LogP contribution in [-0.4, -0.2) is 9.97 Å². The summed E-state index contributed by atoms with van der Waals surface area (Å²) in [5, 5.41) is 3.60. The highest BCUT2D eigenvalue weighted by Gasteiger charge is 2.22. The Hall–Kier alpha value is -2.62. The Bertz CT molecular complexity index is 813. The highest BCUT2D eigenvalue weighted by molar-refractivity contribution is 5.78. The number of anilines is 2. The van der Waals surface area contributed by atoms with Crippen molar-refractivity contribution in [1.29, 1.82) is 0 Å². The summed E-state index contributed by atoms with van der Waals surface area (Å²) in [4.78, 5) is 8.65. The monoisotopic (exact) mass is 276 g/mol. The quantitative estimate of drug-likeness (QED) is 0.705. The van der Waals surface area contributed by atoms with E-state index in [9.17, 15) is 0 Å². The van der Waals surface area contributed by atoms with Crippen LogP contribution in [0.1, 0.15) is 23.6 Å². The number of benzene rings is 2. The molecule has 3 aromatic rings. The molecule has 0 saturated heterocycles. The second-order valence-electron chi connectivity index (χ2n) is 5.45. The number of rotatable bonds is 2. The van der Waals surface area contributed by atoms with Gasteiger partial charge in [-0.3, -0.25) is 9.97 Å². The third kappa shape index (κ3) is 2.18. The van der Waals surface area contributed by atoms with Crippen LogP contribution in [0.15, 0.2) is 48.8 Å². The molecule has 1 heterocycles. The van der Waals surface area contributed by atoms with Crippen LogP contribution in [0, 0.1) is 0 Å². The van der Waals surface area contributed by atoms with E-state index in [1.807, 2.05) is 12.1 Å². The molecule has 1 aromatic heterocycles. The van der Waals surface area contributed by atoms with Crippen LogP contribution in [-0.2, 0) is 6.42 Å². The van der Waals surface area contributed by atoms with Gasteiger partial charge >= 0.3 is 0 Å². The second kappa shape index (κ2) is 4.74. The molecule has 2 aromatic carbocycles. The van der Waals surface area contributed by atoms with Crippen molar-refractivity contribution < 1.29 is 0 Å². The van der Waals surface area contributed by atoms with Gasteiger partial charge in [-0.1, -0.05) is 6.07 Å². The van der Waals surface area contributed by atoms with Crippen molar-refractivity contribution in [3.8, 4) is 0 Å². The molecule has 104 valence electrons. The van der Waals surface area contributed by atoms with E-state index in [0.29, 0.717) is 6.04 Å². The number of aryl methyl sites for hydroxylation is 1. The second-order valence-corrected chi connectivity index (χ2v) is 5.45. The molecular weight excluding hydrogens is 260 g/mol. The minimum atomic E-state index is 0.342. The molecule has 21 heavy (non-hydrogen) atoms. The number of fused-ring (bicyclic) bond motifs is 2. The normalized spacial score (nSPS) is 16.9. The van der Waals surface area contributed by atoms with Gasteiger partial charge in [-0.15, -0.1) is 0 Å². The van der Waals surface area contributed by atoms with Gasteiger partial charge in [0.25, 0.3) is 0 Å². The Morgan fingerprint density at radius 3 is 2.76 bits per heavy atom. The Kier molecular flexibility index (Phi) is 2.74. The van der Waals surface area contributed by atoms with E-state index >= 15 is 0 Å². The van der Waals surface area contributed by atoms with Gasteiger partial charge < -0.3 is 11.1 Å². The summed E-state index contributed by atoms with van der Waals surface area (Å²) in [6.45, 7) is 0. The zero-order valence-electron chi connectivity index (χ0n) is 11.6. The van der Waals surface area contributed by atoms with Crippen molar-refractivity contribution in [3.63, 3.8) is 0 Å². The zero-order chi connectivity index (χ0) is 14.2. The van der Waals surface area contributed by atoms with Crippen LogP contribution in [0.4, 0.5) is 11.4 Å². The van der Waals surface area contributed by atoms with Crippen molar-refractivity contribution in [1.82, 2.24) is 9.97 Å². The summed E-state index contributed by atoms with van der Waals surface area (Å²) in [6, 6.07) is 12.7. The number of aromatic nitrogens is 2. The zero-order valence-corrected chi connectivity index (χ0v) is 11.6. The highest BCUT2D eigenvalue weighted by Crippen LogP contribution is 2.35. The predicted octanol–water partition coefficient (Wildman–Crippen LogP) is 3.31. The first-order chi connectivity index (χ1) is 10.3. The molecule has 0 aliphatic heterocycles. The van der Waals surface area contributed by atoms with Gasteiger partial charge in [-0.25, -0.2) is 0 Å². The van der Waals surface area contributed by atoms with Crippen LogP contribution in [0.2, 0.25) is 0 Å². The van der Waals surface area contributed by atoms with Gasteiger partial charge in [0.05, 0.1) is 17.1 Å². The lowest BCUT2D eigenvalue weighted by molar-refractivity contribution is 0.762. The molecule has 1 aliphatic rings. The summed E-state index contributed by atoms with van der Waals surface area (Å²) >= 11 is 0. The van der Waals surface area contributed by atoms with Gasteiger partial charge in [0.1, 0.15) is 0 Å². The maximum atomic E-state index is 5.86. The molecular formula is C17H16N4. The van der Waals surface area contributed by atoms with Gasteiger partial charge in [-0.05, 0) is 54.3 Å². The standard InChI is InChI=1S/C17H16N4/c18-12-2-4-14-11(9-12)1-5-15(14)21-13-3-6-16-17(10-13)20-8-7-19-16/h2-4,6-10,15,21H,1,5,18H2. The Morgan fingerprint density at radius 2 is 1.86 bits per heavy atom. The Labute approximate surface area is 123 Å². The minimum absolute atomic E-state index is 0.342. The van der Waals surface area contributed by atoms with Crippen molar-refractivity contribution in [3.05, 3.63) is 59.9 Å². The summed E-state index contributed by atoms with van der Waals surface area (Å²) in [6.07, 6.45) is 5.61. The highest BCUT2D eigenvalue weighted by atomic mass is 14.9. The average Bonchev–Trinajstić information content (AvgIpc) is 2.89. The smallest absolute Gasteiger partial charge is 0.0907 e. The largest absolute Gasteiger partial charge is 0.399 e. The van der Waals surface area contributed by atoms with Crippen molar-refractivity contribution in [2.45, 2.75) is 18.9 Å². The first-order valence-electron chi connectivity index (χ1n) is 7.15. The van der Waals surface area contributed by atoms with Gasteiger partial charge in [0.15, 0.2) is 0 Å². The SMILES string of the molecule is Nc1ccc2c(c1)CCC2Nc1ccc2nccnc2c1. The van der Waals surface area contributed by atoms with Crippen LogP contribution in [0.3, 0.4) is 0 Å². The maximum absolute atomic E-state index is 5.86. The molecule has 3 N–H and O–H groups in total. The molecule has 0 fully saturated rings. The molecule has 1 unspecified atom stereocenters. The summed E-state index contributed by atoms with van der Waals surface area (Å²) in [7, 11) is 0. The van der Waals surface area contributed by atoms with Crippen LogP contribution in [0.25, 0.3) is 11.0 Å². The van der Waals surface area contributed by atoms with Crippen LogP contribution < -0.4 is 11.1 Å². The van der Waals surface area contributed by atoms with Crippen molar-refractivity contribution in [2.24, 2.45) is 0 Å². The van der Waals surface area contributed by atoms with Gasteiger partial charge in [0.2, 0.25) is 0 Å². The molecule has 4 heteroatoms. The molecule has 0 amide bonds. The molecule has 1 atom stereocenters. The average molecular weight is 276 g/mol. The fourth-order valence-corrected chi connectivity index (χ4v) is 3.04. The Balaban J connectivity index is 1.64. The van der Waals surface area contributed by atoms with E-state index in [4.69, 9.17) is 5.73 Å². The number of nitrogens with one attached hydrogen (secondary N) is 1. The van der Waals surface area contributed by atoms with E-state index in [0.717, 1.165) is 35.2 Å². The van der Waals surface area contributed by atoms with Crippen LogP contribution in [0.5, 0.6) is 0 Å². The predicted molar refractivity (Wildman–Crippen MR) is 85.1 cm³/mol. The van der Waals surface area contributed by atoms with Gasteiger partial charge in [-0.2, -0.15) is 0 Å². The number of hydrogen-bond acceptors (Lipinski definition) is 4. The first kappa shape index (κ1) is 12.1. The summed E-state index contributed by atoms with van der Waals surface area (Å²) in [5.74, 6) is 0. The topological polar surface area (TPSA) is 63.8 Å². The lowest BCUT2D eigenvalue weighted by Gasteiger charge is -2.16. The summed E-state index contributed by atoms with van der Waals surface area (Å²) < 4.78 is 0. The minimum Gasteiger partial charge on any atom is -0.399 e. The van der Waals surface area contributed by atoms with Crippen LogP contribution >= 0.6 is 0 Å². The third-order valence-corrected chi connectivity index (χ3v) is 4.06. The molecule has 0 bridgehead atoms. The molecule has 0 spiro atoms. The maximum Gasteiger partial charge on any atom is 0.0907 e.